The van der Waals surface area contributed by atoms with Crippen molar-refractivity contribution in [1.82, 2.24) is 5.43 Å². The van der Waals surface area contributed by atoms with Crippen LogP contribution in [0.3, 0.4) is 0 Å². The maximum absolute atomic E-state index is 11.9. The zero-order valence-electron chi connectivity index (χ0n) is 13.2. The number of amides is 2. The van der Waals surface area contributed by atoms with Gasteiger partial charge in [0.05, 0.1) is 18.5 Å². The van der Waals surface area contributed by atoms with E-state index in [1.165, 1.54) is 13.2 Å². The normalized spacial score (nSPS) is 10.9. The second-order valence-electron chi connectivity index (χ2n) is 4.80. The molecular weight excluding hydrogens is 330 g/mol. The molecule has 2 aromatic rings. The highest BCUT2D eigenvalue weighted by Crippen LogP contribution is 2.27. The van der Waals surface area contributed by atoms with E-state index in [-0.39, 0.29) is 0 Å². The topological polar surface area (TPSA) is 79.8 Å². The Balaban J connectivity index is 2.03. The van der Waals surface area contributed by atoms with Gasteiger partial charge in [-0.05, 0) is 30.7 Å². The number of rotatable bonds is 4. The fourth-order valence-electron chi connectivity index (χ4n) is 1.89. The van der Waals surface area contributed by atoms with E-state index in [1.54, 1.807) is 19.1 Å². The summed E-state index contributed by atoms with van der Waals surface area (Å²) in [5, 5.41) is 6.76. The third-order valence-corrected chi connectivity index (χ3v) is 3.37. The molecule has 0 bridgehead atoms. The molecule has 0 fully saturated rings. The average molecular weight is 346 g/mol. The molecule has 0 aliphatic rings. The Morgan fingerprint density at radius 2 is 1.79 bits per heavy atom. The smallest absolute Gasteiger partial charge is 0.329 e. The van der Waals surface area contributed by atoms with Gasteiger partial charge in [0.25, 0.3) is 0 Å². The van der Waals surface area contributed by atoms with E-state index in [1.807, 2.05) is 30.3 Å². The Morgan fingerprint density at radius 3 is 2.46 bits per heavy atom. The second-order valence-corrected chi connectivity index (χ2v) is 5.24. The van der Waals surface area contributed by atoms with Crippen LogP contribution in [-0.4, -0.2) is 24.6 Å². The van der Waals surface area contributed by atoms with Gasteiger partial charge in [0.15, 0.2) is 0 Å². The number of methoxy groups -OCH3 is 1. The zero-order chi connectivity index (χ0) is 17.5. The van der Waals surface area contributed by atoms with Gasteiger partial charge in [-0.2, -0.15) is 5.10 Å². The lowest BCUT2D eigenvalue weighted by Gasteiger charge is -2.09. The number of hydrazone groups is 1. The van der Waals surface area contributed by atoms with Crippen molar-refractivity contribution in [3.8, 4) is 5.75 Å². The van der Waals surface area contributed by atoms with Gasteiger partial charge in [0, 0.05) is 5.02 Å². The first-order valence-corrected chi connectivity index (χ1v) is 7.43. The number of hydrogen-bond acceptors (Lipinski definition) is 4. The quantitative estimate of drug-likeness (QED) is 0.508. The largest absolute Gasteiger partial charge is 0.495 e. The molecule has 124 valence electrons. The molecule has 0 aromatic heterocycles. The summed E-state index contributed by atoms with van der Waals surface area (Å²) in [6, 6.07) is 14.0. The van der Waals surface area contributed by atoms with E-state index in [4.69, 9.17) is 16.3 Å². The average Bonchev–Trinajstić information content (AvgIpc) is 2.60. The van der Waals surface area contributed by atoms with Crippen LogP contribution in [0.15, 0.2) is 53.6 Å². The molecule has 2 rings (SSSR count). The van der Waals surface area contributed by atoms with Crippen LogP contribution in [0.4, 0.5) is 5.69 Å². The van der Waals surface area contributed by atoms with Gasteiger partial charge in [0.1, 0.15) is 5.75 Å². The van der Waals surface area contributed by atoms with E-state index in [0.717, 1.165) is 5.56 Å². The van der Waals surface area contributed by atoms with Gasteiger partial charge in [-0.1, -0.05) is 41.9 Å². The Bertz CT molecular complexity index is 776. The second kappa shape index (κ2) is 8.12. The number of ether oxygens (including phenoxy) is 1. The van der Waals surface area contributed by atoms with E-state index >= 15 is 0 Å². The Labute approximate surface area is 144 Å². The van der Waals surface area contributed by atoms with Gasteiger partial charge in [-0.3, -0.25) is 9.59 Å². The first-order chi connectivity index (χ1) is 11.5. The fourth-order valence-corrected chi connectivity index (χ4v) is 2.06. The Morgan fingerprint density at radius 1 is 1.08 bits per heavy atom. The van der Waals surface area contributed by atoms with Crippen LogP contribution >= 0.6 is 11.6 Å². The van der Waals surface area contributed by atoms with E-state index < -0.39 is 11.8 Å². The highest BCUT2D eigenvalue weighted by Gasteiger charge is 2.16. The standard InChI is InChI=1S/C17H16ClN3O3/c1-11(12-6-4-3-5-7-12)20-21-17(23)16(22)19-14-10-13(18)8-9-15(14)24-2/h3-10H,1-2H3,(H,19,22)(H,21,23). The first-order valence-electron chi connectivity index (χ1n) is 7.06. The molecule has 0 aliphatic carbocycles. The molecule has 0 atom stereocenters. The van der Waals surface area contributed by atoms with Crippen molar-refractivity contribution in [2.75, 3.05) is 12.4 Å². The maximum atomic E-state index is 11.9. The van der Waals surface area contributed by atoms with Crippen molar-refractivity contribution in [1.29, 1.82) is 0 Å². The summed E-state index contributed by atoms with van der Waals surface area (Å²) in [5.74, 6) is -1.38. The third-order valence-electron chi connectivity index (χ3n) is 3.13. The number of hydrogen-bond donors (Lipinski definition) is 2. The van der Waals surface area contributed by atoms with Crippen LogP contribution < -0.4 is 15.5 Å². The summed E-state index contributed by atoms with van der Waals surface area (Å²) >= 11 is 5.88. The van der Waals surface area contributed by atoms with Crippen LogP contribution in [0.2, 0.25) is 5.02 Å². The van der Waals surface area contributed by atoms with Crippen LogP contribution in [0.1, 0.15) is 12.5 Å². The van der Waals surface area contributed by atoms with Crippen LogP contribution in [0.25, 0.3) is 0 Å². The lowest BCUT2D eigenvalue weighted by Crippen LogP contribution is -2.33. The third kappa shape index (κ3) is 4.57. The van der Waals surface area contributed by atoms with Crippen molar-refractivity contribution < 1.29 is 14.3 Å². The SMILES string of the molecule is COc1ccc(Cl)cc1NC(=O)C(=O)NN=C(C)c1ccccc1. The number of carbonyl (C=O) groups excluding carboxylic acids is 2. The van der Waals surface area contributed by atoms with Crippen molar-refractivity contribution in [3.63, 3.8) is 0 Å². The molecular formula is C17H16ClN3O3. The Kier molecular flexibility index (Phi) is 5.92. The molecule has 0 radical (unpaired) electrons. The molecule has 0 unspecified atom stereocenters. The predicted molar refractivity (Wildman–Crippen MR) is 93.4 cm³/mol. The summed E-state index contributed by atoms with van der Waals surface area (Å²) in [6.45, 7) is 1.73. The highest BCUT2D eigenvalue weighted by molar-refractivity contribution is 6.40. The summed E-state index contributed by atoms with van der Waals surface area (Å²) in [4.78, 5) is 23.8. The van der Waals surface area contributed by atoms with E-state index in [0.29, 0.717) is 22.2 Å². The summed E-state index contributed by atoms with van der Waals surface area (Å²) < 4.78 is 5.10. The molecule has 0 saturated carbocycles. The molecule has 0 aliphatic heterocycles. The molecule has 0 saturated heterocycles. The summed E-state index contributed by atoms with van der Waals surface area (Å²) in [6.07, 6.45) is 0. The number of nitrogens with one attached hydrogen (secondary N) is 2. The van der Waals surface area contributed by atoms with Crippen LogP contribution in [0, 0.1) is 0 Å². The number of benzene rings is 2. The fraction of sp³-hybridized carbons (Fsp3) is 0.118. The highest BCUT2D eigenvalue weighted by atomic mass is 35.5. The monoisotopic (exact) mass is 345 g/mol. The lowest BCUT2D eigenvalue weighted by molar-refractivity contribution is -0.136. The minimum absolute atomic E-state index is 0.300. The van der Waals surface area contributed by atoms with Gasteiger partial charge >= 0.3 is 11.8 Å². The molecule has 0 spiro atoms. The molecule has 24 heavy (non-hydrogen) atoms. The maximum Gasteiger partial charge on any atom is 0.329 e. The predicted octanol–water partition coefficient (Wildman–Crippen LogP) is 2.83. The van der Waals surface area contributed by atoms with E-state index in [2.05, 4.69) is 15.8 Å². The minimum Gasteiger partial charge on any atom is -0.495 e. The number of carbonyl (C=O) groups is 2. The van der Waals surface area contributed by atoms with Gasteiger partial charge in [-0.25, -0.2) is 5.43 Å². The summed E-state index contributed by atoms with van der Waals surface area (Å²) in [7, 11) is 1.45. The molecule has 7 heteroatoms. The number of anilines is 1. The number of halogens is 1. The molecule has 2 aromatic carbocycles. The van der Waals surface area contributed by atoms with E-state index in [9.17, 15) is 9.59 Å². The number of nitrogens with zero attached hydrogens (tertiary/aromatic N) is 1. The van der Waals surface area contributed by atoms with Crippen LogP contribution in [-0.2, 0) is 9.59 Å². The van der Waals surface area contributed by atoms with Crippen molar-refractivity contribution in [2.24, 2.45) is 5.10 Å². The lowest BCUT2D eigenvalue weighted by atomic mass is 10.1. The molecule has 0 heterocycles. The van der Waals surface area contributed by atoms with Crippen LogP contribution in [0.5, 0.6) is 5.75 Å². The summed E-state index contributed by atoms with van der Waals surface area (Å²) in [5.41, 5.74) is 3.94. The zero-order valence-corrected chi connectivity index (χ0v) is 13.9. The minimum atomic E-state index is -0.896. The van der Waals surface area contributed by atoms with Crippen molar-refractivity contribution in [2.45, 2.75) is 6.92 Å². The van der Waals surface area contributed by atoms with Gasteiger partial charge < -0.3 is 10.1 Å². The first kappa shape index (κ1) is 17.5. The molecule has 2 amide bonds. The van der Waals surface area contributed by atoms with Gasteiger partial charge in [0.2, 0.25) is 0 Å². The van der Waals surface area contributed by atoms with Crippen molar-refractivity contribution >= 4 is 34.8 Å². The molecule has 6 nitrogen and oxygen atoms in total. The molecule has 2 N–H and O–H groups in total. The van der Waals surface area contributed by atoms with Gasteiger partial charge in [-0.15, -0.1) is 0 Å². The van der Waals surface area contributed by atoms with Crippen molar-refractivity contribution in [3.05, 3.63) is 59.1 Å². The Hall–Kier alpha value is -2.86.